The number of carbonyl (C=O) groups is 1. The third-order valence-corrected chi connectivity index (χ3v) is 6.31. The Kier molecular flexibility index (Phi) is 4.42. The number of hydrogen-bond acceptors (Lipinski definition) is 3. The summed E-state index contributed by atoms with van der Waals surface area (Å²) in [7, 11) is 1.83. The highest BCUT2D eigenvalue weighted by Gasteiger charge is 2.41. The summed E-state index contributed by atoms with van der Waals surface area (Å²) in [6.07, 6.45) is 5.85. The van der Waals surface area contributed by atoms with Gasteiger partial charge in [0, 0.05) is 37.9 Å². The van der Waals surface area contributed by atoms with E-state index in [0.29, 0.717) is 18.8 Å². The zero-order valence-electron chi connectivity index (χ0n) is 17.3. The fraction of sp³-hybridized carbons (Fsp3) is 0.292. The number of carbonyl (C=O) groups excluding carboxylic acids is 1. The number of piperidine rings is 1. The lowest BCUT2D eigenvalue weighted by atomic mass is 9.70. The number of amides is 1. The fourth-order valence-electron chi connectivity index (χ4n) is 4.68. The summed E-state index contributed by atoms with van der Waals surface area (Å²) >= 11 is 0. The summed E-state index contributed by atoms with van der Waals surface area (Å²) in [5.41, 5.74) is 4.59. The van der Waals surface area contributed by atoms with Crippen LogP contribution in [0.5, 0.6) is 0 Å². The van der Waals surface area contributed by atoms with Gasteiger partial charge in [0.2, 0.25) is 0 Å². The van der Waals surface area contributed by atoms with Crippen molar-refractivity contribution in [3.8, 4) is 0 Å². The molecule has 1 fully saturated rings. The third kappa shape index (κ3) is 3.00. The number of hydrogen-bond donors (Lipinski definition) is 0. The Bertz CT molecular complexity index is 1170. The number of aromatic nitrogens is 4. The first-order valence-electron chi connectivity index (χ1n) is 10.4. The van der Waals surface area contributed by atoms with Gasteiger partial charge in [-0.3, -0.25) is 9.48 Å². The van der Waals surface area contributed by atoms with E-state index in [4.69, 9.17) is 4.98 Å². The molecule has 1 aliphatic rings. The lowest BCUT2D eigenvalue weighted by molar-refractivity contribution is 0.0673. The molecule has 1 aliphatic heterocycles. The second-order valence-electron chi connectivity index (χ2n) is 8.13. The van der Waals surface area contributed by atoms with Gasteiger partial charge in [-0.15, -0.1) is 0 Å². The van der Waals surface area contributed by atoms with E-state index in [1.165, 1.54) is 5.56 Å². The minimum absolute atomic E-state index is 0.0507. The number of likely N-dealkylation sites (tertiary alicyclic amines) is 1. The molecule has 4 aromatic rings. The summed E-state index contributed by atoms with van der Waals surface area (Å²) in [5, 5.41) is 4.33. The monoisotopic (exact) mass is 399 g/mol. The molecule has 0 N–H and O–H groups in total. The van der Waals surface area contributed by atoms with Crippen LogP contribution in [0, 0.1) is 6.92 Å². The quantitative estimate of drug-likeness (QED) is 0.529. The Morgan fingerprint density at radius 2 is 1.77 bits per heavy atom. The molecule has 30 heavy (non-hydrogen) atoms. The van der Waals surface area contributed by atoms with Crippen molar-refractivity contribution in [3.05, 3.63) is 89.6 Å². The van der Waals surface area contributed by atoms with Crippen molar-refractivity contribution < 1.29 is 4.79 Å². The fourth-order valence-corrected chi connectivity index (χ4v) is 4.68. The Hall–Kier alpha value is -3.41. The predicted molar refractivity (Wildman–Crippen MR) is 115 cm³/mol. The number of imidazole rings is 1. The van der Waals surface area contributed by atoms with Gasteiger partial charge in [-0.1, -0.05) is 36.4 Å². The summed E-state index contributed by atoms with van der Waals surface area (Å²) in [6, 6.07) is 18.5. The van der Waals surface area contributed by atoms with Crippen LogP contribution < -0.4 is 0 Å². The molecule has 1 amide bonds. The first-order valence-corrected chi connectivity index (χ1v) is 10.4. The Morgan fingerprint density at radius 1 is 1.03 bits per heavy atom. The molecule has 3 aromatic heterocycles. The van der Waals surface area contributed by atoms with Gasteiger partial charge in [-0.2, -0.15) is 5.10 Å². The van der Waals surface area contributed by atoms with E-state index in [2.05, 4.69) is 40.0 Å². The Labute approximate surface area is 175 Å². The molecule has 0 atom stereocenters. The number of fused-ring (bicyclic) bond motifs is 1. The number of rotatable bonds is 3. The van der Waals surface area contributed by atoms with Crippen LogP contribution in [0.1, 0.15) is 40.3 Å². The number of aryl methyl sites for hydroxylation is 2. The maximum absolute atomic E-state index is 13.1. The van der Waals surface area contributed by atoms with Crippen molar-refractivity contribution >= 4 is 11.6 Å². The molecule has 1 saturated heterocycles. The second-order valence-corrected chi connectivity index (χ2v) is 8.13. The van der Waals surface area contributed by atoms with E-state index in [9.17, 15) is 4.79 Å². The second kappa shape index (κ2) is 7.13. The molecule has 1 aromatic carbocycles. The summed E-state index contributed by atoms with van der Waals surface area (Å²) in [6.45, 7) is 3.29. The van der Waals surface area contributed by atoms with Crippen LogP contribution >= 0.6 is 0 Å². The van der Waals surface area contributed by atoms with E-state index in [0.717, 1.165) is 29.9 Å². The Balaban J connectivity index is 1.49. The van der Waals surface area contributed by atoms with Crippen LogP contribution in [0.4, 0.5) is 0 Å². The van der Waals surface area contributed by atoms with Crippen molar-refractivity contribution in [2.24, 2.45) is 7.05 Å². The van der Waals surface area contributed by atoms with Crippen LogP contribution in [-0.4, -0.2) is 43.1 Å². The average Bonchev–Trinajstić information content (AvgIpc) is 3.36. The molecule has 0 unspecified atom stereocenters. The summed E-state index contributed by atoms with van der Waals surface area (Å²) in [4.78, 5) is 20.0. The molecule has 152 valence electrons. The van der Waals surface area contributed by atoms with Gasteiger partial charge in [0.05, 0.1) is 11.4 Å². The van der Waals surface area contributed by atoms with Crippen LogP contribution in [0.25, 0.3) is 5.65 Å². The minimum Gasteiger partial charge on any atom is -0.337 e. The molecule has 6 nitrogen and oxygen atoms in total. The normalized spacial score (nSPS) is 16.1. The standard InChI is InChI=1S/C24H25N5O/c1-18-16-20(27(2)26-18)23(30)28-14-11-24(12-15-28,19-8-4-3-5-9-19)21-17-29-13-7-6-10-22(29)25-21/h3-10,13,16-17H,11-12,14-15H2,1-2H3. The molecule has 0 saturated carbocycles. The minimum atomic E-state index is -0.202. The maximum atomic E-state index is 13.1. The van der Waals surface area contributed by atoms with Gasteiger partial charge >= 0.3 is 0 Å². The zero-order valence-corrected chi connectivity index (χ0v) is 17.3. The lowest BCUT2D eigenvalue weighted by Crippen LogP contribution is -2.46. The molecule has 4 heterocycles. The first kappa shape index (κ1) is 18.6. The van der Waals surface area contributed by atoms with Gasteiger partial charge in [0.1, 0.15) is 11.3 Å². The average molecular weight is 399 g/mol. The maximum Gasteiger partial charge on any atom is 0.272 e. The highest BCUT2D eigenvalue weighted by atomic mass is 16.2. The van der Waals surface area contributed by atoms with Crippen molar-refractivity contribution in [2.45, 2.75) is 25.2 Å². The predicted octanol–water partition coefficient (Wildman–Crippen LogP) is 3.60. The smallest absolute Gasteiger partial charge is 0.272 e. The number of pyridine rings is 1. The topological polar surface area (TPSA) is 55.4 Å². The lowest BCUT2D eigenvalue weighted by Gasteiger charge is -2.41. The molecular formula is C24H25N5O. The molecular weight excluding hydrogens is 374 g/mol. The van der Waals surface area contributed by atoms with Crippen molar-refractivity contribution in [2.75, 3.05) is 13.1 Å². The third-order valence-electron chi connectivity index (χ3n) is 6.31. The first-order chi connectivity index (χ1) is 14.6. The number of nitrogens with zero attached hydrogens (tertiary/aromatic N) is 5. The summed E-state index contributed by atoms with van der Waals surface area (Å²) < 4.78 is 3.76. The zero-order chi connectivity index (χ0) is 20.7. The van der Waals surface area contributed by atoms with Crippen molar-refractivity contribution in [1.29, 1.82) is 0 Å². The molecule has 0 bridgehead atoms. The Morgan fingerprint density at radius 3 is 2.43 bits per heavy atom. The van der Waals surface area contributed by atoms with E-state index in [-0.39, 0.29) is 11.3 Å². The molecule has 6 heteroatoms. The van der Waals surface area contributed by atoms with Crippen molar-refractivity contribution in [1.82, 2.24) is 24.1 Å². The summed E-state index contributed by atoms with van der Waals surface area (Å²) in [5.74, 6) is 0.0507. The van der Waals surface area contributed by atoms with Crippen LogP contribution in [0.2, 0.25) is 0 Å². The van der Waals surface area contributed by atoms with Crippen LogP contribution in [0.3, 0.4) is 0 Å². The highest BCUT2D eigenvalue weighted by molar-refractivity contribution is 5.92. The van der Waals surface area contributed by atoms with Gasteiger partial charge in [-0.25, -0.2) is 4.98 Å². The SMILES string of the molecule is Cc1cc(C(=O)N2CCC(c3ccccc3)(c3cn4ccccc4n3)CC2)n(C)n1. The largest absolute Gasteiger partial charge is 0.337 e. The van der Waals surface area contributed by atoms with Gasteiger partial charge < -0.3 is 9.30 Å². The molecule has 0 radical (unpaired) electrons. The van der Waals surface area contributed by atoms with Crippen LogP contribution in [0.15, 0.2) is 67.0 Å². The number of benzene rings is 1. The van der Waals surface area contributed by atoms with Crippen molar-refractivity contribution in [3.63, 3.8) is 0 Å². The molecule has 0 spiro atoms. The molecule has 0 aliphatic carbocycles. The van der Waals surface area contributed by atoms with E-state index in [1.54, 1.807) is 4.68 Å². The van der Waals surface area contributed by atoms with E-state index >= 15 is 0 Å². The van der Waals surface area contributed by atoms with Gasteiger partial charge in [0.25, 0.3) is 5.91 Å². The van der Waals surface area contributed by atoms with Crippen LogP contribution in [-0.2, 0) is 12.5 Å². The van der Waals surface area contributed by atoms with Gasteiger partial charge in [0.15, 0.2) is 0 Å². The highest BCUT2D eigenvalue weighted by Crippen LogP contribution is 2.41. The van der Waals surface area contributed by atoms with E-state index < -0.39 is 0 Å². The van der Waals surface area contributed by atoms with E-state index in [1.807, 2.05) is 55.4 Å². The molecule has 5 rings (SSSR count). The van der Waals surface area contributed by atoms with Gasteiger partial charge in [-0.05, 0) is 43.5 Å².